The minimum absolute atomic E-state index is 0.00664. The molecule has 0 saturated carbocycles. The predicted octanol–water partition coefficient (Wildman–Crippen LogP) is 3.99. The molecule has 8 nitrogen and oxygen atoms in total. The molecular formula is C27H33N3O5. The first-order chi connectivity index (χ1) is 16.7. The minimum Gasteiger partial charge on any atom is -0.494 e. The summed E-state index contributed by atoms with van der Waals surface area (Å²) in [7, 11) is 0. The third-order valence-electron chi connectivity index (χ3n) is 5.19. The standard InChI is InChI=1S/C27H33N3O5/c1-5-34-23-13-11-22(12-14-23)30(18-6-16-28)24(31)19-35-25(32)15-17-29-26(33)20-7-9-21(10-8-20)27(2,3)4/h7-14H,5-6,15,17-19H2,1-4H3,(H,29,33). The van der Waals surface area contributed by atoms with Gasteiger partial charge in [-0.3, -0.25) is 14.4 Å². The highest BCUT2D eigenvalue weighted by molar-refractivity contribution is 5.96. The molecule has 0 atom stereocenters. The number of nitrogens with zero attached hydrogens (tertiary/aromatic N) is 2. The Bertz CT molecular complexity index is 1030. The Morgan fingerprint density at radius 1 is 1.03 bits per heavy atom. The highest BCUT2D eigenvalue weighted by atomic mass is 16.5. The topological polar surface area (TPSA) is 109 Å². The fraction of sp³-hybridized carbons (Fsp3) is 0.407. The van der Waals surface area contributed by atoms with Crippen LogP contribution in [0.2, 0.25) is 0 Å². The van der Waals surface area contributed by atoms with E-state index in [0.29, 0.717) is 23.6 Å². The van der Waals surface area contributed by atoms with Crippen molar-refractivity contribution < 1.29 is 23.9 Å². The monoisotopic (exact) mass is 479 g/mol. The third-order valence-corrected chi connectivity index (χ3v) is 5.19. The van der Waals surface area contributed by atoms with Crippen LogP contribution < -0.4 is 15.0 Å². The summed E-state index contributed by atoms with van der Waals surface area (Å²) in [5, 5.41) is 11.6. The first-order valence-corrected chi connectivity index (χ1v) is 11.6. The smallest absolute Gasteiger partial charge is 0.308 e. The maximum Gasteiger partial charge on any atom is 0.308 e. The van der Waals surface area contributed by atoms with Crippen LogP contribution in [-0.2, 0) is 19.7 Å². The Hall–Kier alpha value is -3.86. The van der Waals surface area contributed by atoms with E-state index in [0.717, 1.165) is 5.56 Å². The van der Waals surface area contributed by atoms with E-state index in [4.69, 9.17) is 14.7 Å². The van der Waals surface area contributed by atoms with Crippen LogP contribution >= 0.6 is 0 Å². The SMILES string of the molecule is CCOc1ccc(N(CCC#N)C(=O)COC(=O)CCNC(=O)c2ccc(C(C)(C)C)cc2)cc1. The lowest BCUT2D eigenvalue weighted by atomic mass is 9.87. The summed E-state index contributed by atoms with van der Waals surface area (Å²) in [6, 6.07) is 16.2. The lowest BCUT2D eigenvalue weighted by Crippen LogP contribution is -2.36. The molecule has 2 amide bonds. The molecule has 0 aliphatic heterocycles. The van der Waals surface area contributed by atoms with E-state index in [9.17, 15) is 14.4 Å². The number of carbonyl (C=O) groups is 3. The number of rotatable bonds is 11. The van der Waals surface area contributed by atoms with Crippen molar-refractivity contribution in [2.24, 2.45) is 0 Å². The number of carbonyl (C=O) groups excluding carboxylic acids is 3. The van der Waals surface area contributed by atoms with Gasteiger partial charge in [-0.15, -0.1) is 0 Å². The van der Waals surface area contributed by atoms with E-state index in [2.05, 4.69) is 26.1 Å². The second kappa shape index (κ2) is 13.1. The van der Waals surface area contributed by atoms with E-state index in [1.807, 2.05) is 25.1 Å². The fourth-order valence-electron chi connectivity index (χ4n) is 3.24. The van der Waals surface area contributed by atoms with Gasteiger partial charge in [-0.25, -0.2) is 0 Å². The Morgan fingerprint density at radius 3 is 2.26 bits per heavy atom. The van der Waals surface area contributed by atoms with Crippen LogP contribution in [0.3, 0.4) is 0 Å². The Morgan fingerprint density at radius 2 is 1.69 bits per heavy atom. The number of anilines is 1. The second-order valence-electron chi connectivity index (χ2n) is 8.87. The van der Waals surface area contributed by atoms with E-state index in [-0.39, 0.29) is 37.3 Å². The van der Waals surface area contributed by atoms with Gasteiger partial charge in [0.2, 0.25) is 0 Å². The summed E-state index contributed by atoms with van der Waals surface area (Å²) in [5.74, 6) is -0.663. The van der Waals surface area contributed by atoms with Gasteiger partial charge in [-0.05, 0) is 54.3 Å². The fourth-order valence-corrected chi connectivity index (χ4v) is 3.24. The summed E-state index contributed by atoms with van der Waals surface area (Å²) in [5.41, 5.74) is 2.20. The van der Waals surface area contributed by atoms with E-state index in [1.54, 1.807) is 36.4 Å². The van der Waals surface area contributed by atoms with Crippen LogP contribution in [0, 0.1) is 11.3 Å². The second-order valence-corrected chi connectivity index (χ2v) is 8.87. The lowest BCUT2D eigenvalue weighted by molar-refractivity contribution is -0.147. The number of nitrogens with one attached hydrogen (secondary N) is 1. The molecule has 0 aliphatic carbocycles. The molecule has 0 aromatic heterocycles. The van der Waals surface area contributed by atoms with Crippen LogP contribution in [0.15, 0.2) is 48.5 Å². The molecular weight excluding hydrogens is 446 g/mol. The molecule has 0 fully saturated rings. The molecule has 0 radical (unpaired) electrons. The summed E-state index contributed by atoms with van der Waals surface area (Å²) in [6.45, 7) is 8.49. The van der Waals surface area contributed by atoms with Crippen LogP contribution in [0.4, 0.5) is 5.69 Å². The average Bonchev–Trinajstić information content (AvgIpc) is 2.83. The first-order valence-electron chi connectivity index (χ1n) is 11.6. The van der Waals surface area contributed by atoms with Crippen LogP contribution in [0.1, 0.15) is 56.5 Å². The maximum absolute atomic E-state index is 12.7. The van der Waals surface area contributed by atoms with Gasteiger partial charge in [0.1, 0.15) is 5.75 Å². The van der Waals surface area contributed by atoms with Crippen molar-refractivity contribution in [3.8, 4) is 11.8 Å². The van der Waals surface area contributed by atoms with Crippen LogP contribution in [0.5, 0.6) is 5.75 Å². The third kappa shape index (κ3) is 8.78. The van der Waals surface area contributed by atoms with Gasteiger partial charge >= 0.3 is 5.97 Å². The molecule has 0 saturated heterocycles. The minimum atomic E-state index is -0.603. The van der Waals surface area contributed by atoms with Crippen LogP contribution in [-0.4, -0.2) is 44.1 Å². The summed E-state index contributed by atoms with van der Waals surface area (Å²) in [4.78, 5) is 38.5. The molecule has 0 aliphatic rings. The highest BCUT2D eigenvalue weighted by Crippen LogP contribution is 2.22. The quantitative estimate of drug-likeness (QED) is 0.488. The number of amides is 2. The molecule has 0 unspecified atom stereocenters. The molecule has 35 heavy (non-hydrogen) atoms. The summed E-state index contributed by atoms with van der Waals surface area (Å²) < 4.78 is 10.5. The molecule has 2 aromatic carbocycles. The van der Waals surface area contributed by atoms with Crippen molar-refractivity contribution in [3.05, 3.63) is 59.7 Å². The number of esters is 1. The molecule has 2 rings (SSSR count). The highest BCUT2D eigenvalue weighted by Gasteiger charge is 2.18. The van der Waals surface area contributed by atoms with Crippen molar-refractivity contribution in [1.29, 1.82) is 5.26 Å². The lowest BCUT2D eigenvalue weighted by Gasteiger charge is -2.22. The van der Waals surface area contributed by atoms with Gasteiger partial charge in [0.15, 0.2) is 6.61 Å². The Labute approximate surface area is 206 Å². The van der Waals surface area contributed by atoms with Crippen LogP contribution in [0.25, 0.3) is 0 Å². The zero-order chi connectivity index (χ0) is 25.8. The molecule has 0 heterocycles. The predicted molar refractivity (Wildman–Crippen MR) is 133 cm³/mol. The number of hydrogen-bond acceptors (Lipinski definition) is 6. The van der Waals surface area contributed by atoms with Gasteiger partial charge in [0.05, 0.1) is 25.5 Å². The summed E-state index contributed by atoms with van der Waals surface area (Å²) in [6.07, 6.45) is 0.0655. The Balaban J connectivity index is 1.83. The van der Waals surface area contributed by atoms with Gasteiger partial charge in [-0.1, -0.05) is 32.9 Å². The molecule has 186 valence electrons. The number of ether oxygens (including phenoxy) is 2. The maximum atomic E-state index is 12.7. The number of benzene rings is 2. The molecule has 0 bridgehead atoms. The van der Waals surface area contributed by atoms with Crippen molar-refractivity contribution >= 4 is 23.5 Å². The average molecular weight is 480 g/mol. The summed E-state index contributed by atoms with van der Waals surface area (Å²) >= 11 is 0. The van der Waals surface area contributed by atoms with Gasteiger partial charge < -0.3 is 19.7 Å². The first kappa shape index (κ1) is 27.4. The van der Waals surface area contributed by atoms with Crippen molar-refractivity contribution in [3.63, 3.8) is 0 Å². The molecule has 1 N–H and O–H groups in total. The van der Waals surface area contributed by atoms with Crippen molar-refractivity contribution in [2.45, 2.75) is 46.0 Å². The van der Waals surface area contributed by atoms with E-state index in [1.165, 1.54) is 4.90 Å². The van der Waals surface area contributed by atoms with Gasteiger partial charge in [0.25, 0.3) is 11.8 Å². The van der Waals surface area contributed by atoms with Crippen molar-refractivity contribution in [1.82, 2.24) is 5.32 Å². The molecule has 2 aromatic rings. The largest absolute Gasteiger partial charge is 0.494 e. The van der Waals surface area contributed by atoms with Gasteiger partial charge in [-0.2, -0.15) is 5.26 Å². The zero-order valence-corrected chi connectivity index (χ0v) is 20.8. The Kier molecular flexibility index (Phi) is 10.3. The number of hydrogen-bond donors (Lipinski definition) is 1. The zero-order valence-electron chi connectivity index (χ0n) is 20.8. The van der Waals surface area contributed by atoms with E-state index >= 15 is 0 Å². The molecule has 8 heteroatoms. The van der Waals surface area contributed by atoms with Gasteiger partial charge in [0, 0.05) is 24.3 Å². The normalized spacial score (nSPS) is 10.7. The number of nitriles is 1. The van der Waals surface area contributed by atoms with E-state index < -0.39 is 18.5 Å². The molecule has 0 spiro atoms. The van der Waals surface area contributed by atoms with Crippen molar-refractivity contribution in [2.75, 3.05) is 31.2 Å².